The van der Waals surface area contributed by atoms with E-state index in [1.807, 2.05) is 19.9 Å². The van der Waals surface area contributed by atoms with E-state index >= 15 is 0 Å². The molecule has 1 amide bonds. The Labute approximate surface area is 102 Å². The zero-order valence-electron chi connectivity index (χ0n) is 10.6. The molecule has 4 N–H and O–H groups in total. The Hall–Kier alpha value is -1.55. The summed E-state index contributed by atoms with van der Waals surface area (Å²) >= 11 is 0. The molecule has 0 heterocycles. The number of carbonyl (C=O) groups is 1. The quantitative estimate of drug-likeness (QED) is 0.693. The van der Waals surface area contributed by atoms with E-state index in [-0.39, 0.29) is 12.5 Å². The lowest BCUT2D eigenvalue weighted by Crippen LogP contribution is -2.40. The molecule has 0 radical (unpaired) electrons. The van der Waals surface area contributed by atoms with E-state index in [0.29, 0.717) is 17.7 Å². The first-order valence-corrected chi connectivity index (χ1v) is 5.73. The third kappa shape index (κ3) is 3.46. The normalized spacial score (nSPS) is 14.1. The molecule has 4 heteroatoms. The van der Waals surface area contributed by atoms with Crippen LogP contribution in [0.25, 0.3) is 0 Å². The number of nitrogens with one attached hydrogen (secondary N) is 1. The highest BCUT2D eigenvalue weighted by atomic mass is 16.3. The Morgan fingerprint density at radius 3 is 2.76 bits per heavy atom. The molecule has 0 aromatic heterocycles. The first-order valence-electron chi connectivity index (χ1n) is 5.73. The molecule has 1 aromatic rings. The molecule has 0 fully saturated rings. The molecule has 1 atom stereocenters. The minimum absolute atomic E-state index is 0.218. The van der Waals surface area contributed by atoms with Gasteiger partial charge in [0, 0.05) is 12.2 Å². The summed E-state index contributed by atoms with van der Waals surface area (Å²) in [7, 11) is 0. The summed E-state index contributed by atoms with van der Waals surface area (Å²) in [4.78, 5) is 11.9. The number of aliphatic hydroxyl groups is 1. The van der Waals surface area contributed by atoms with Gasteiger partial charge in [0.15, 0.2) is 0 Å². The van der Waals surface area contributed by atoms with Crippen molar-refractivity contribution < 1.29 is 9.90 Å². The lowest BCUT2D eigenvalue weighted by molar-refractivity contribution is 0.0518. The predicted molar refractivity (Wildman–Crippen MR) is 68.8 cm³/mol. The van der Waals surface area contributed by atoms with Crippen molar-refractivity contribution in [3.8, 4) is 0 Å². The van der Waals surface area contributed by atoms with Crippen molar-refractivity contribution in [1.29, 1.82) is 0 Å². The molecule has 0 saturated heterocycles. The molecule has 94 valence electrons. The molecule has 0 saturated carbocycles. The lowest BCUT2D eigenvalue weighted by Gasteiger charge is -2.21. The lowest BCUT2D eigenvalue weighted by atomic mass is 10.0. The number of nitrogens with two attached hydrogens (primary N) is 1. The average Bonchev–Trinajstić information content (AvgIpc) is 2.30. The average molecular weight is 236 g/mol. The van der Waals surface area contributed by atoms with E-state index in [9.17, 15) is 9.90 Å². The largest absolute Gasteiger partial charge is 0.398 e. The van der Waals surface area contributed by atoms with Crippen LogP contribution in [0.15, 0.2) is 18.2 Å². The summed E-state index contributed by atoms with van der Waals surface area (Å²) in [5, 5.41) is 12.5. The zero-order valence-corrected chi connectivity index (χ0v) is 10.6. The van der Waals surface area contributed by atoms with Gasteiger partial charge in [0.2, 0.25) is 0 Å². The Morgan fingerprint density at radius 2 is 2.18 bits per heavy atom. The fraction of sp³-hybridized carbons (Fsp3) is 0.462. The molecule has 0 aliphatic heterocycles. The summed E-state index contributed by atoms with van der Waals surface area (Å²) in [5.74, 6) is -0.250. The second kappa shape index (κ2) is 5.19. The number of hydrogen-bond acceptors (Lipinski definition) is 3. The molecule has 0 aliphatic carbocycles. The summed E-state index contributed by atoms with van der Waals surface area (Å²) in [6, 6.07) is 5.32. The van der Waals surface area contributed by atoms with Crippen LogP contribution in [0.4, 0.5) is 5.69 Å². The van der Waals surface area contributed by atoms with E-state index in [1.54, 1.807) is 19.1 Å². The monoisotopic (exact) mass is 236 g/mol. The van der Waals surface area contributed by atoms with Gasteiger partial charge in [-0.15, -0.1) is 0 Å². The fourth-order valence-electron chi connectivity index (χ4n) is 1.37. The Bertz CT molecular complexity index is 414. The van der Waals surface area contributed by atoms with Crippen LogP contribution in [0, 0.1) is 6.92 Å². The van der Waals surface area contributed by atoms with Crippen LogP contribution in [0.1, 0.15) is 36.2 Å². The number of nitrogen functional groups attached to an aromatic ring is 1. The smallest absolute Gasteiger partial charge is 0.253 e. The number of rotatable bonds is 4. The number of amides is 1. The first-order chi connectivity index (χ1) is 7.87. The molecule has 1 rings (SSSR count). The third-order valence-electron chi connectivity index (χ3n) is 2.96. The summed E-state index contributed by atoms with van der Waals surface area (Å²) in [5.41, 5.74) is 6.77. The van der Waals surface area contributed by atoms with Crippen molar-refractivity contribution >= 4 is 11.6 Å². The van der Waals surface area contributed by atoms with Gasteiger partial charge in [-0.05, 0) is 31.9 Å². The van der Waals surface area contributed by atoms with E-state index < -0.39 is 5.60 Å². The molecule has 0 spiro atoms. The molecule has 17 heavy (non-hydrogen) atoms. The van der Waals surface area contributed by atoms with Gasteiger partial charge in [0.05, 0.1) is 11.2 Å². The van der Waals surface area contributed by atoms with E-state index in [1.165, 1.54) is 0 Å². The molecular weight excluding hydrogens is 216 g/mol. The van der Waals surface area contributed by atoms with Gasteiger partial charge < -0.3 is 16.2 Å². The number of anilines is 1. The van der Waals surface area contributed by atoms with Crippen molar-refractivity contribution in [2.75, 3.05) is 12.3 Å². The molecule has 1 unspecified atom stereocenters. The zero-order chi connectivity index (χ0) is 13.1. The van der Waals surface area contributed by atoms with Crippen molar-refractivity contribution in [3.05, 3.63) is 29.3 Å². The standard InChI is InChI=1S/C13H20N2O2/c1-4-13(3,17)8-15-12(16)10-7-5-6-9(2)11(10)14/h5-7,17H,4,8,14H2,1-3H3,(H,15,16). The Balaban J connectivity index is 2.74. The van der Waals surface area contributed by atoms with Crippen LogP contribution in [-0.4, -0.2) is 23.2 Å². The highest BCUT2D eigenvalue weighted by Crippen LogP contribution is 2.16. The fourth-order valence-corrected chi connectivity index (χ4v) is 1.37. The van der Waals surface area contributed by atoms with Gasteiger partial charge in [-0.2, -0.15) is 0 Å². The van der Waals surface area contributed by atoms with E-state index in [0.717, 1.165) is 5.56 Å². The SMILES string of the molecule is CCC(C)(O)CNC(=O)c1cccc(C)c1N. The Morgan fingerprint density at radius 1 is 1.53 bits per heavy atom. The van der Waals surface area contributed by atoms with Gasteiger partial charge in [0.25, 0.3) is 5.91 Å². The van der Waals surface area contributed by atoms with Crippen molar-refractivity contribution in [1.82, 2.24) is 5.32 Å². The van der Waals surface area contributed by atoms with Crippen molar-refractivity contribution in [2.24, 2.45) is 0 Å². The molecule has 0 aliphatic rings. The van der Waals surface area contributed by atoms with Crippen LogP contribution >= 0.6 is 0 Å². The predicted octanol–water partition coefficient (Wildman–Crippen LogP) is 1.47. The molecule has 1 aromatic carbocycles. The Kier molecular flexibility index (Phi) is 4.12. The topological polar surface area (TPSA) is 75.3 Å². The molecule has 4 nitrogen and oxygen atoms in total. The third-order valence-corrected chi connectivity index (χ3v) is 2.96. The first kappa shape index (κ1) is 13.5. The second-order valence-corrected chi connectivity index (χ2v) is 4.57. The maximum Gasteiger partial charge on any atom is 0.253 e. The summed E-state index contributed by atoms with van der Waals surface area (Å²) in [6.45, 7) is 5.63. The number of benzene rings is 1. The maximum absolute atomic E-state index is 11.9. The number of hydrogen-bond donors (Lipinski definition) is 3. The summed E-state index contributed by atoms with van der Waals surface area (Å²) < 4.78 is 0. The summed E-state index contributed by atoms with van der Waals surface area (Å²) in [6.07, 6.45) is 0.580. The van der Waals surface area contributed by atoms with Gasteiger partial charge in [-0.25, -0.2) is 0 Å². The van der Waals surface area contributed by atoms with Crippen LogP contribution in [0.3, 0.4) is 0 Å². The highest BCUT2D eigenvalue weighted by molar-refractivity contribution is 5.99. The van der Waals surface area contributed by atoms with Crippen LogP contribution in [0.5, 0.6) is 0 Å². The minimum atomic E-state index is -0.881. The number of aryl methyl sites for hydroxylation is 1. The second-order valence-electron chi connectivity index (χ2n) is 4.57. The van der Waals surface area contributed by atoms with Crippen molar-refractivity contribution in [2.45, 2.75) is 32.8 Å². The van der Waals surface area contributed by atoms with Crippen LogP contribution in [0.2, 0.25) is 0 Å². The van der Waals surface area contributed by atoms with E-state index in [2.05, 4.69) is 5.32 Å². The molecular formula is C13H20N2O2. The maximum atomic E-state index is 11.9. The van der Waals surface area contributed by atoms with Gasteiger partial charge >= 0.3 is 0 Å². The molecule has 0 bridgehead atoms. The number of carbonyl (C=O) groups excluding carboxylic acids is 1. The van der Waals surface area contributed by atoms with Crippen LogP contribution in [-0.2, 0) is 0 Å². The van der Waals surface area contributed by atoms with Gasteiger partial charge in [-0.3, -0.25) is 4.79 Å². The van der Waals surface area contributed by atoms with Crippen molar-refractivity contribution in [3.63, 3.8) is 0 Å². The van der Waals surface area contributed by atoms with Crippen LogP contribution < -0.4 is 11.1 Å². The van der Waals surface area contributed by atoms with Gasteiger partial charge in [0.1, 0.15) is 0 Å². The number of para-hydroxylation sites is 1. The highest BCUT2D eigenvalue weighted by Gasteiger charge is 2.19. The van der Waals surface area contributed by atoms with Gasteiger partial charge in [-0.1, -0.05) is 19.1 Å². The van der Waals surface area contributed by atoms with E-state index in [4.69, 9.17) is 5.73 Å². The minimum Gasteiger partial charge on any atom is -0.398 e.